The average Bonchev–Trinajstić information content (AvgIpc) is 2.68. The minimum Gasteiger partial charge on any atom is -0.480 e. The highest BCUT2D eigenvalue weighted by atomic mass is 16.4. The molecule has 16 heavy (non-hydrogen) atoms. The Kier molecular flexibility index (Phi) is 4.24. The molecular weight excluding hydrogens is 214 g/mol. The lowest BCUT2D eigenvalue weighted by Gasteiger charge is -2.16. The minimum absolute atomic E-state index is 0.366. The predicted octanol–water partition coefficient (Wildman–Crippen LogP) is -1.82. The van der Waals surface area contributed by atoms with E-state index >= 15 is 0 Å². The molecule has 0 bridgehead atoms. The topological polar surface area (TPSA) is 122 Å². The SMILES string of the molecule is NC(=O)CC(NC(=O)C1CCCN1)C(=O)O. The maximum Gasteiger partial charge on any atom is 0.326 e. The van der Waals surface area contributed by atoms with Gasteiger partial charge in [-0.1, -0.05) is 0 Å². The van der Waals surface area contributed by atoms with Crippen molar-refractivity contribution in [3.8, 4) is 0 Å². The number of primary amides is 1. The van der Waals surface area contributed by atoms with Gasteiger partial charge in [0.05, 0.1) is 12.5 Å². The Hall–Kier alpha value is -1.63. The summed E-state index contributed by atoms with van der Waals surface area (Å²) in [6, 6.07) is -1.61. The number of carbonyl (C=O) groups excluding carboxylic acids is 2. The molecule has 7 nitrogen and oxygen atoms in total. The standard InChI is InChI=1S/C9H15N3O4/c10-7(13)4-6(9(15)16)12-8(14)5-2-1-3-11-5/h5-6,11H,1-4H2,(H2,10,13)(H,12,14)(H,15,16). The number of hydrogen-bond donors (Lipinski definition) is 4. The van der Waals surface area contributed by atoms with Crippen molar-refractivity contribution in [1.82, 2.24) is 10.6 Å². The fraction of sp³-hybridized carbons (Fsp3) is 0.667. The lowest BCUT2D eigenvalue weighted by atomic mass is 10.1. The van der Waals surface area contributed by atoms with E-state index in [1.165, 1.54) is 0 Å². The summed E-state index contributed by atoms with van der Waals surface area (Å²) in [5.41, 5.74) is 4.89. The van der Waals surface area contributed by atoms with Crippen LogP contribution >= 0.6 is 0 Å². The molecule has 7 heteroatoms. The van der Waals surface area contributed by atoms with Gasteiger partial charge in [-0.3, -0.25) is 9.59 Å². The van der Waals surface area contributed by atoms with Crippen LogP contribution in [-0.2, 0) is 14.4 Å². The number of hydrogen-bond acceptors (Lipinski definition) is 4. The number of carboxylic acids is 1. The molecule has 1 saturated heterocycles. The molecule has 1 aliphatic rings. The van der Waals surface area contributed by atoms with Gasteiger partial charge < -0.3 is 21.5 Å². The number of nitrogens with two attached hydrogens (primary N) is 1. The molecule has 1 heterocycles. The van der Waals surface area contributed by atoms with E-state index in [1.807, 2.05) is 0 Å². The predicted molar refractivity (Wildman–Crippen MR) is 54.4 cm³/mol. The lowest BCUT2D eigenvalue weighted by Crippen LogP contribution is -2.49. The van der Waals surface area contributed by atoms with E-state index in [9.17, 15) is 14.4 Å². The van der Waals surface area contributed by atoms with Gasteiger partial charge >= 0.3 is 5.97 Å². The Balaban J connectivity index is 2.50. The highest BCUT2D eigenvalue weighted by Crippen LogP contribution is 2.05. The van der Waals surface area contributed by atoms with Crippen LogP contribution in [0.2, 0.25) is 0 Å². The second-order valence-corrected chi connectivity index (χ2v) is 3.72. The quantitative estimate of drug-likeness (QED) is 0.442. The summed E-state index contributed by atoms with van der Waals surface area (Å²) < 4.78 is 0. The molecule has 0 aromatic carbocycles. The number of carboxylic acid groups (broad SMARTS) is 1. The van der Waals surface area contributed by atoms with Crippen molar-refractivity contribution >= 4 is 17.8 Å². The molecule has 2 unspecified atom stereocenters. The second kappa shape index (κ2) is 5.45. The number of carbonyl (C=O) groups is 3. The smallest absolute Gasteiger partial charge is 0.326 e. The highest BCUT2D eigenvalue weighted by Gasteiger charge is 2.27. The van der Waals surface area contributed by atoms with Gasteiger partial charge in [0.2, 0.25) is 11.8 Å². The molecule has 0 aromatic heterocycles. The molecule has 2 amide bonds. The van der Waals surface area contributed by atoms with Crippen LogP contribution in [-0.4, -0.2) is 41.5 Å². The van der Waals surface area contributed by atoms with Crippen LogP contribution in [0.4, 0.5) is 0 Å². The summed E-state index contributed by atoms with van der Waals surface area (Å²) in [5, 5.41) is 14.0. The first kappa shape index (κ1) is 12.4. The third-order valence-corrected chi connectivity index (χ3v) is 2.40. The largest absolute Gasteiger partial charge is 0.480 e. The molecule has 1 rings (SSSR count). The van der Waals surface area contributed by atoms with E-state index in [-0.39, 0.29) is 6.04 Å². The van der Waals surface area contributed by atoms with Crippen molar-refractivity contribution < 1.29 is 19.5 Å². The molecule has 1 aliphatic heterocycles. The van der Waals surface area contributed by atoms with Crippen molar-refractivity contribution in [2.45, 2.75) is 31.3 Å². The third kappa shape index (κ3) is 3.50. The summed E-state index contributed by atoms with van der Waals surface area (Å²) in [7, 11) is 0. The zero-order chi connectivity index (χ0) is 12.1. The lowest BCUT2D eigenvalue weighted by molar-refractivity contribution is -0.143. The Morgan fingerprint density at radius 1 is 1.50 bits per heavy atom. The molecule has 0 aliphatic carbocycles. The molecule has 5 N–H and O–H groups in total. The van der Waals surface area contributed by atoms with Crippen LogP contribution in [0.1, 0.15) is 19.3 Å². The van der Waals surface area contributed by atoms with Crippen molar-refractivity contribution in [2.24, 2.45) is 5.73 Å². The van der Waals surface area contributed by atoms with Gasteiger partial charge in [0.15, 0.2) is 0 Å². The summed E-state index contributed by atoms with van der Waals surface area (Å²) in [4.78, 5) is 32.9. The van der Waals surface area contributed by atoms with Crippen molar-refractivity contribution in [3.63, 3.8) is 0 Å². The van der Waals surface area contributed by atoms with Crippen LogP contribution in [0, 0.1) is 0 Å². The number of rotatable bonds is 5. The number of amides is 2. The second-order valence-electron chi connectivity index (χ2n) is 3.72. The molecular formula is C9H15N3O4. The van der Waals surface area contributed by atoms with Crippen molar-refractivity contribution in [3.05, 3.63) is 0 Å². The first-order valence-corrected chi connectivity index (χ1v) is 5.05. The zero-order valence-electron chi connectivity index (χ0n) is 8.73. The van der Waals surface area contributed by atoms with Gasteiger partial charge in [0, 0.05) is 0 Å². The van der Waals surface area contributed by atoms with Gasteiger partial charge in [-0.2, -0.15) is 0 Å². The van der Waals surface area contributed by atoms with E-state index in [0.717, 1.165) is 13.0 Å². The number of nitrogens with one attached hydrogen (secondary N) is 2. The van der Waals surface area contributed by atoms with E-state index in [4.69, 9.17) is 10.8 Å². The van der Waals surface area contributed by atoms with E-state index in [1.54, 1.807) is 0 Å². The Labute approximate surface area is 92.4 Å². The molecule has 0 spiro atoms. The zero-order valence-corrected chi connectivity index (χ0v) is 8.73. The monoisotopic (exact) mass is 229 g/mol. The summed E-state index contributed by atoms with van der Waals surface area (Å²) >= 11 is 0. The van der Waals surface area contributed by atoms with Gasteiger partial charge in [-0.05, 0) is 19.4 Å². The molecule has 0 aromatic rings. The van der Waals surface area contributed by atoms with E-state index in [2.05, 4.69) is 10.6 Å². The van der Waals surface area contributed by atoms with Crippen LogP contribution in [0.25, 0.3) is 0 Å². The fourth-order valence-corrected chi connectivity index (χ4v) is 1.58. The normalized spacial score (nSPS) is 21.4. The molecule has 1 fully saturated rings. The first-order chi connectivity index (χ1) is 7.50. The van der Waals surface area contributed by atoms with Crippen LogP contribution in [0.15, 0.2) is 0 Å². The summed E-state index contributed by atoms with van der Waals surface area (Å²) in [6.45, 7) is 0.742. The van der Waals surface area contributed by atoms with Gasteiger partial charge in [-0.25, -0.2) is 4.79 Å². The Bertz CT molecular complexity index is 299. The maximum absolute atomic E-state index is 11.6. The highest BCUT2D eigenvalue weighted by molar-refractivity contribution is 5.90. The summed E-state index contributed by atoms with van der Waals surface area (Å²) in [6.07, 6.45) is 1.16. The molecule has 2 atom stereocenters. The number of aliphatic carboxylic acids is 1. The third-order valence-electron chi connectivity index (χ3n) is 2.40. The molecule has 0 radical (unpaired) electrons. The first-order valence-electron chi connectivity index (χ1n) is 5.05. The fourth-order valence-electron chi connectivity index (χ4n) is 1.58. The summed E-state index contributed by atoms with van der Waals surface area (Å²) in [5.74, 6) is -2.41. The molecule has 90 valence electrons. The Morgan fingerprint density at radius 3 is 2.62 bits per heavy atom. The van der Waals surface area contributed by atoms with Crippen LogP contribution in [0.3, 0.4) is 0 Å². The van der Waals surface area contributed by atoms with Gasteiger partial charge in [-0.15, -0.1) is 0 Å². The van der Waals surface area contributed by atoms with Crippen LogP contribution in [0.5, 0.6) is 0 Å². The van der Waals surface area contributed by atoms with E-state index < -0.39 is 30.2 Å². The van der Waals surface area contributed by atoms with Crippen LogP contribution < -0.4 is 16.4 Å². The molecule has 0 saturated carbocycles. The van der Waals surface area contributed by atoms with Gasteiger partial charge in [0.25, 0.3) is 0 Å². The average molecular weight is 229 g/mol. The Morgan fingerprint density at radius 2 is 2.19 bits per heavy atom. The van der Waals surface area contributed by atoms with Crippen molar-refractivity contribution in [2.75, 3.05) is 6.54 Å². The maximum atomic E-state index is 11.6. The van der Waals surface area contributed by atoms with Gasteiger partial charge in [0.1, 0.15) is 6.04 Å². The minimum atomic E-state index is -1.26. The van der Waals surface area contributed by atoms with Crippen molar-refractivity contribution in [1.29, 1.82) is 0 Å². The van der Waals surface area contributed by atoms with E-state index in [0.29, 0.717) is 6.42 Å².